The molecule has 0 unspecified atom stereocenters. The van der Waals surface area contributed by atoms with E-state index in [1.807, 2.05) is 19.9 Å². The fourth-order valence-corrected chi connectivity index (χ4v) is 2.14. The van der Waals surface area contributed by atoms with Gasteiger partial charge in [0.15, 0.2) is 0 Å². The highest BCUT2D eigenvalue weighted by atomic mass is 15.1. The molecule has 0 saturated carbocycles. The van der Waals surface area contributed by atoms with Crippen LogP contribution >= 0.6 is 0 Å². The van der Waals surface area contributed by atoms with Crippen LogP contribution in [0.5, 0.6) is 0 Å². The highest BCUT2D eigenvalue weighted by Crippen LogP contribution is 2.26. The number of anilines is 1. The van der Waals surface area contributed by atoms with Crippen molar-refractivity contribution in [2.24, 2.45) is 11.1 Å². The standard InChI is InChI=1S/C15H24N4/c1-6-19(10-15(4,5)9-17)14-7-11(2)18-12(3)13(14)8-16/h7H,6,9-10,17H2,1-5H3. The fraction of sp³-hybridized carbons (Fsp3) is 0.600. The van der Waals surface area contributed by atoms with E-state index in [1.165, 1.54) is 0 Å². The van der Waals surface area contributed by atoms with Crippen molar-refractivity contribution in [2.45, 2.75) is 34.6 Å². The normalized spacial score (nSPS) is 11.2. The largest absolute Gasteiger partial charge is 0.370 e. The summed E-state index contributed by atoms with van der Waals surface area (Å²) >= 11 is 0. The summed E-state index contributed by atoms with van der Waals surface area (Å²) in [7, 11) is 0. The summed E-state index contributed by atoms with van der Waals surface area (Å²) in [5.74, 6) is 0. The maximum absolute atomic E-state index is 9.35. The second kappa shape index (κ2) is 6.03. The molecule has 0 aliphatic rings. The average molecular weight is 260 g/mol. The molecule has 0 aliphatic carbocycles. The summed E-state index contributed by atoms with van der Waals surface area (Å²) in [6.07, 6.45) is 0. The molecule has 0 spiro atoms. The first-order valence-corrected chi connectivity index (χ1v) is 6.68. The number of aryl methyl sites for hydroxylation is 2. The van der Waals surface area contributed by atoms with Gasteiger partial charge in [0, 0.05) is 18.8 Å². The van der Waals surface area contributed by atoms with Crippen LogP contribution in [0.1, 0.15) is 37.7 Å². The van der Waals surface area contributed by atoms with Gasteiger partial charge in [0.25, 0.3) is 0 Å². The van der Waals surface area contributed by atoms with E-state index in [-0.39, 0.29) is 5.41 Å². The van der Waals surface area contributed by atoms with Crippen molar-refractivity contribution in [3.63, 3.8) is 0 Å². The molecule has 0 saturated heterocycles. The Morgan fingerprint density at radius 2 is 2.05 bits per heavy atom. The highest BCUT2D eigenvalue weighted by molar-refractivity contribution is 5.61. The van der Waals surface area contributed by atoms with Gasteiger partial charge in [-0.15, -0.1) is 0 Å². The number of nitrogens with zero attached hydrogens (tertiary/aromatic N) is 3. The third-order valence-electron chi connectivity index (χ3n) is 3.31. The Hall–Kier alpha value is -1.60. The van der Waals surface area contributed by atoms with E-state index in [1.54, 1.807) is 0 Å². The fourth-order valence-electron chi connectivity index (χ4n) is 2.14. The van der Waals surface area contributed by atoms with Gasteiger partial charge in [-0.2, -0.15) is 5.26 Å². The van der Waals surface area contributed by atoms with Crippen molar-refractivity contribution in [2.75, 3.05) is 24.5 Å². The lowest BCUT2D eigenvalue weighted by molar-refractivity contribution is 0.379. The predicted octanol–water partition coefficient (Wildman–Crippen LogP) is 2.38. The Balaban J connectivity index is 3.22. The Morgan fingerprint density at radius 3 is 2.53 bits per heavy atom. The Labute approximate surface area is 116 Å². The summed E-state index contributed by atoms with van der Waals surface area (Å²) in [6.45, 7) is 12.5. The number of aromatic nitrogens is 1. The number of hydrogen-bond donors (Lipinski definition) is 1. The van der Waals surface area contributed by atoms with Crippen LogP contribution < -0.4 is 10.6 Å². The van der Waals surface area contributed by atoms with Crippen molar-refractivity contribution < 1.29 is 0 Å². The van der Waals surface area contributed by atoms with E-state index in [4.69, 9.17) is 5.73 Å². The number of nitrogens with two attached hydrogens (primary N) is 1. The van der Waals surface area contributed by atoms with Gasteiger partial charge < -0.3 is 10.6 Å². The third-order valence-corrected chi connectivity index (χ3v) is 3.31. The van der Waals surface area contributed by atoms with Gasteiger partial charge in [-0.1, -0.05) is 13.8 Å². The molecule has 2 N–H and O–H groups in total. The second-order valence-corrected chi connectivity index (χ2v) is 5.74. The van der Waals surface area contributed by atoms with Gasteiger partial charge in [0.2, 0.25) is 0 Å². The van der Waals surface area contributed by atoms with Gasteiger partial charge in [0.05, 0.1) is 16.9 Å². The van der Waals surface area contributed by atoms with E-state index in [0.29, 0.717) is 12.1 Å². The summed E-state index contributed by atoms with van der Waals surface area (Å²) in [4.78, 5) is 6.58. The van der Waals surface area contributed by atoms with Crippen molar-refractivity contribution >= 4 is 5.69 Å². The maximum atomic E-state index is 9.35. The van der Waals surface area contributed by atoms with E-state index in [9.17, 15) is 5.26 Å². The van der Waals surface area contributed by atoms with Crippen LogP contribution in [-0.2, 0) is 0 Å². The zero-order valence-electron chi connectivity index (χ0n) is 12.6. The first-order chi connectivity index (χ1) is 8.84. The molecule has 19 heavy (non-hydrogen) atoms. The van der Waals surface area contributed by atoms with Gasteiger partial charge in [0.1, 0.15) is 6.07 Å². The zero-order valence-corrected chi connectivity index (χ0v) is 12.6. The van der Waals surface area contributed by atoms with Gasteiger partial charge in [-0.25, -0.2) is 0 Å². The van der Waals surface area contributed by atoms with Gasteiger partial charge in [-0.3, -0.25) is 4.98 Å². The quantitative estimate of drug-likeness (QED) is 0.882. The zero-order chi connectivity index (χ0) is 14.6. The summed E-state index contributed by atoms with van der Waals surface area (Å²) < 4.78 is 0. The van der Waals surface area contributed by atoms with Crippen molar-refractivity contribution in [3.8, 4) is 6.07 Å². The number of nitriles is 1. The number of pyridine rings is 1. The molecule has 0 amide bonds. The van der Waals surface area contributed by atoms with Crippen LogP contribution in [0.2, 0.25) is 0 Å². The molecule has 0 atom stereocenters. The topological polar surface area (TPSA) is 65.9 Å². The smallest absolute Gasteiger partial charge is 0.103 e. The van der Waals surface area contributed by atoms with Crippen LogP contribution in [-0.4, -0.2) is 24.6 Å². The molecule has 0 bridgehead atoms. The molecule has 0 fully saturated rings. The van der Waals surface area contributed by atoms with E-state index in [2.05, 4.69) is 36.7 Å². The molecule has 1 aromatic rings. The minimum Gasteiger partial charge on any atom is -0.370 e. The summed E-state index contributed by atoms with van der Waals surface area (Å²) in [6, 6.07) is 4.26. The first-order valence-electron chi connectivity index (χ1n) is 6.68. The SMILES string of the molecule is CCN(CC(C)(C)CN)c1cc(C)nc(C)c1C#N. The molecular formula is C15H24N4. The van der Waals surface area contributed by atoms with Crippen LogP contribution in [0.3, 0.4) is 0 Å². The molecule has 0 aliphatic heterocycles. The van der Waals surface area contributed by atoms with Crippen molar-refractivity contribution in [3.05, 3.63) is 23.0 Å². The maximum Gasteiger partial charge on any atom is 0.103 e. The molecule has 0 radical (unpaired) electrons. The second-order valence-electron chi connectivity index (χ2n) is 5.74. The monoisotopic (exact) mass is 260 g/mol. The van der Waals surface area contributed by atoms with Gasteiger partial charge in [-0.05, 0) is 38.8 Å². The van der Waals surface area contributed by atoms with Gasteiger partial charge >= 0.3 is 0 Å². The van der Waals surface area contributed by atoms with Crippen molar-refractivity contribution in [1.82, 2.24) is 4.98 Å². The van der Waals surface area contributed by atoms with E-state index in [0.717, 1.165) is 30.2 Å². The molecule has 1 aromatic heterocycles. The van der Waals surface area contributed by atoms with Crippen LogP contribution in [0.4, 0.5) is 5.69 Å². The van der Waals surface area contributed by atoms with Crippen LogP contribution in [0.15, 0.2) is 6.07 Å². The Morgan fingerprint density at radius 1 is 1.42 bits per heavy atom. The van der Waals surface area contributed by atoms with E-state index < -0.39 is 0 Å². The molecule has 104 valence electrons. The summed E-state index contributed by atoms with van der Waals surface area (Å²) in [5.41, 5.74) is 9.20. The van der Waals surface area contributed by atoms with E-state index >= 15 is 0 Å². The average Bonchev–Trinajstić information content (AvgIpc) is 2.35. The lowest BCUT2D eigenvalue weighted by Gasteiger charge is -2.33. The molecule has 0 aromatic carbocycles. The predicted molar refractivity (Wildman–Crippen MR) is 79.1 cm³/mol. The first kappa shape index (κ1) is 15.5. The minimum atomic E-state index is 0.0216. The molecule has 4 heteroatoms. The van der Waals surface area contributed by atoms with Crippen LogP contribution in [0.25, 0.3) is 0 Å². The lowest BCUT2D eigenvalue weighted by Crippen LogP contribution is -2.39. The highest BCUT2D eigenvalue weighted by Gasteiger charge is 2.22. The third kappa shape index (κ3) is 3.68. The number of rotatable bonds is 5. The molecule has 4 nitrogen and oxygen atoms in total. The van der Waals surface area contributed by atoms with Crippen molar-refractivity contribution in [1.29, 1.82) is 5.26 Å². The Bertz CT molecular complexity index is 486. The minimum absolute atomic E-state index is 0.0216. The van der Waals surface area contributed by atoms with Crippen LogP contribution in [0, 0.1) is 30.6 Å². The lowest BCUT2D eigenvalue weighted by atomic mass is 9.92. The summed E-state index contributed by atoms with van der Waals surface area (Å²) in [5, 5.41) is 9.35. The number of hydrogen-bond acceptors (Lipinski definition) is 4. The molecular weight excluding hydrogens is 236 g/mol. The molecule has 1 heterocycles. The molecule has 1 rings (SSSR count). The Kier molecular flexibility index (Phi) is 4.90.